The Hall–Kier alpha value is -1.82. The van der Waals surface area contributed by atoms with Crippen molar-refractivity contribution in [2.45, 2.75) is 6.18 Å². The number of hydrogen-bond donors (Lipinski definition) is 1. The molecular weight excluding hydrogens is 267 g/mol. The topological polar surface area (TPSA) is 51.8 Å². The van der Waals surface area contributed by atoms with Crippen molar-refractivity contribution in [2.24, 2.45) is 0 Å². The van der Waals surface area contributed by atoms with E-state index in [2.05, 4.69) is 9.97 Å². The number of halogens is 4. The summed E-state index contributed by atoms with van der Waals surface area (Å²) < 4.78 is 37.9. The van der Waals surface area contributed by atoms with Gasteiger partial charge in [0.05, 0.1) is 5.56 Å². The summed E-state index contributed by atoms with van der Waals surface area (Å²) in [7, 11) is 0. The highest BCUT2D eigenvalue weighted by Gasteiger charge is 2.34. The molecule has 0 aliphatic rings. The van der Waals surface area contributed by atoms with Crippen LogP contribution in [0.2, 0.25) is 5.15 Å². The Morgan fingerprint density at radius 2 is 1.72 bits per heavy atom. The van der Waals surface area contributed by atoms with E-state index >= 15 is 0 Å². The molecule has 0 fully saturated rings. The lowest BCUT2D eigenvalue weighted by Gasteiger charge is -2.10. The fourth-order valence-electron chi connectivity index (χ4n) is 1.38. The maximum atomic E-state index is 12.6. The van der Waals surface area contributed by atoms with Gasteiger partial charge < -0.3 is 5.73 Å². The van der Waals surface area contributed by atoms with Crippen LogP contribution in [0.3, 0.4) is 0 Å². The van der Waals surface area contributed by atoms with Crippen LogP contribution in [0.5, 0.6) is 0 Å². The summed E-state index contributed by atoms with van der Waals surface area (Å²) in [5.74, 6) is 0.289. The first-order valence-corrected chi connectivity index (χ1v) is 5.20. The molecule has 2 rings (SSSR count). The van der Waals surface area contributed by atoms with E-state index in [-0.39, 0.29) is 11.4 Å². The molecule has 0 aromatic carbocycles. The molecule has 0 saturated carbocycles. The minimum Gasteiger partial charge on any atom is -0.384 e. The first-order chi connectivity index (χ1) is 8.38. The smallest absolute Gasteiger partial charge is 0.384 e. The zero-order valence-corrected chi connectivity index (χ0v) is 9.63. The number of pyridine rings is 2. The summed E-state index contributed by atoms with van der Waals surface area (Å²) in [4.78, 5) is 7.34. The average Bonchev–Trinajstić information content (AvgIpc) is 2.29. The molecule has 2 aromatic heterocycles. The second-order valence-electron chi connectivity index (χ2n) is 3.53. The summed E-state index contributed by atoms with van der Waals surface area (Å²) in [6.07, 6.45) is -1.91. The van der Waals surface area contributed by atoms with Crippen LogP contribution in [0.1, 0.15) is 5.56 Å². The largest absolute Gasteiger partial charge is 0.419 e. The van der Waals surface area contributed by atoms with Gasteiger partial charge in [0.25, 0.3) is 0 Å². The van der Waals surface area contributed by atoms with Gasteiger partial charge in [-0.05, 0) is 18.2 Å². The van der Waals surface area contributed by atoms with Gasteiger partial charge in [-0.2, -0.15) is 13.2 Å². The third kappa shape index (κ3) is 2.53. The number of nitrogens with two attached hydrogens (primary N) is 1. The van der Waals surface area contributed by atoms with Gasteiger partial charge in [0.15, 0.2) is 0 Å². The van der Waals surface area contributed by atoms with Gasteiger partial charge in [0, 0.05) is 23.5 Å². The van der Waals surface area contributed by atoms with Gasteiger partial charge in [0.1, 0.15) is 11.0 Å². The van der Waals surface area contributed by atoms with Gasteiger partial charge in [-0.1, -0.05) is 11.6 Å². The van der Waals surface area contributed by atoms with Crippen LogP contribution in [0.15, 0.2) is 30.6 Å². The summed E-state index contributed by atoms with van der Waals surface area (Å²) >= 11 is 5.43. The number of aromatic nitrogens is 2. The summed E-state index contributed by atoms with van der Waals surface area (Å²) in [6.45, 7) is 0. The molecule has 7 heteroatoms. The van der Waals surface area contributed by atoms with Crippen LogP contribution in [-0.4, -0.2) is 9.97 Å². The van der Waals surface area contributed by atoms with E-state index in [9.17, 15) is 13.2 Å². The number of anilines is 1. The van der Waals surface area contributed by atoms with Crippen LogP contribution in [0.4, 0.5) is 19.0 Å². The third-order valence-electron chi connectivity index (χ3n) is 2.26. The van der Waals surface area contributed by atoms with E-state index in [1.54, 1.807) is 6.07 Å². The minimum atomic E-state index is -4.54. The summed E-state index contributed by atoms with van der Waals surface area (Å²) in [6, 6.07) is 3.99. The molecule has 0 spiro atoms. The van der Waals surface area contributed by atoms with Crippen LogP contribution >= 0.6 is 11.6 Å². The molecule has 0 aliphatic heterocycles. The van der Waals surface area contributed by atoms with Gasteiger partial charge in [-0.15, -0.1) is 0 Å². The second-order valence-corrected chi connectivity index (χ2v) is 3.89. The molecule has 2 N–H and O–H groups in total. The molecule has 94 valence electrons. The molecule has 18 heavy (non-hydrogen) atoms. The molecule has 0 atom stereocenters. The normalized spacial score (nSPS) is 11.6. The van der Waals surface area contributed by atoms with Gasteiger partial charge in [-0.25, -0.2) is 9.97 Å². The van der Waals surface area contributed by atoms with Gasteiger partial charge >= 0.3 is 6.18 Å². The highest BCUT2D eigenvalue weighted by molar-refractivity contribution is 6.30. The highest BCUT2D eigenvalue weighted by Crippen LogP contribution is 2.35. The molecule has 0 saturated heterocycles. The molecule has 0 unspecified atom stereocenters. The Kier molecular flexibility index (Phi) is 3.13. The Morgan fingerprint density at radius 1 is 1.06 bits per heavy atom. The lowest BCUT2D eigenvalue weighted by molar-refractivity contribution is -0.137. The molecule has 0 amide bonds. The van der Waals surface area contributed by atoms with Crippen molar-refractivity contribution in [2.75, 3.05) is 5.73 Å². The lowest BCUT2D eigenvalue weighted by Crippen LogP contribution is -2.07. The lowest BCUT2D eigenvalue weighted by atomic mass is 10.1. The quantitative estimate of drug-likeness (QED) is 0.810. The standard InChI is InChI=1S/C11H7ClF3N3/c12-10-8(11(13,14)15)3-7(5-18-10)6-1-2-9(16)17-4-6/h1-5H,(H2,16,17). The van der Waals surface area contributed by atoms with Crippen molar-refractivity contribution in [3.8, 4) is 11.1 Å². The Labute approximate surface area is 105 Å². The maximum Gasteiger partial charge on any atom is 0.419 e. The van der Waals surface area contributed by atoms with E-state index in [1.807, 2.05) is 0 Å². The maximum absolute atomic E-state index is 12.6. The second kappa shape index (κ2) is 4.45. The number of alkyl halides is 3. The third-order valence-corrected chi connectivity index (χ3v) is 2.57. The van der Waals surface area contributed by atoms with E-state index in [4.69, 9.17) is 17.3 Å². The predicted molar refractivity (Wildman–Crippen MR) is 61.9 cm³/mol. The monoisotopic (exact) mass is 273 g/mol. The van der Waals surface area contributed by atoms with Crippen LogP contribution in [-0.2, 0) is 6.18 Å². The molecular formula is C11H7ClF3N3. The average molecular weight is 274 g/mol. The molecule has 0 aliphatic carbocycles. The predicted octanol–water partition coefficient (Wildman–Crippen LogP) is 3.40. The van der Waals surface area contributed by atoms with E-state index in [0.717, 1.165) is 6.07 Å². The number of nitrogen functional groups attached to an aromatic ring is 1. The Bertz CT molecular complexity index is 567. The summed E-state index contributed by atoms with van der Waals surface area (Å²) in [5.41, 5.74) is 5.19. The van der Waals surface area contributed by atoms with Crippen molar-refractivity contribution in [1.29, 1.82) is 0 Å². The van der Waals surface area contributed by atoms with E-state index in [0.29, 0.717) is 5.56 Å². The van der Waals surface area contributed by atoms with Crippen molar-refractivity contribution < 1.29 is 13.2 Å². The van der Waals surface area contributed by atoms with Crippen molar-refractivity contribution >= 4 is 17.4 Å². The van der Waals surface area contributed by atoms with Crippen molar-refractivity contribution in [3.05, 3.63) is 41.3 Å². The van der Waals surface area contributed by atoms with Crippen LogP contribution in [0, 0.1) is 0 Å². The van der Waals surface area contributed by atoms with E-state index in [1.165, 1.54) is 18.5 Å². The molecule has 2 heterocycles. The Morgan fingerprint density at radius 3 is 2.28 bits per heavy atom. The SMILES string of the molecule is Nc1ccc(-c2cnc(Cl)c(C(F)(F)F)c2)cn1. The molecule has 0 bridgehead atoms. The van der Waals surface area contributed by atoms with Gasteiger partial charge in [-0.3, -0.25) is 0 Å². The first kappa shape index (κ1) is 12.6. The van der Waals surface area contributed by atoms with Gasteiger partial charge in [0.2, 0.25) is 0 Å². The fraction of sp³-hybridized carbons (Fsp3) is 0.0909. The molecule has 2 aromatic rings. The number of rotatable bonds is 1. The zero-order valence-electron chi connectivity index (χ0n) is 8.87. The highest BCUT2D eigenvalue weighted by atomic mass is 35.5. The summed E-state index contributed by atoms with van der Waals surface area (Å²) in [5, 5.41) is -0.574. The minimum absolute atomic E-state index is 0.277. The number of nitrogens with zero attached hydrogens (tertiary/aromatic N) is 2. The zero-order chi connectivity index (χ0) is 13.3. The molecule has 0 radical (unpaired) electrons. The fourth-order valence-corrected chi connectivity index (χ4v) is 1.59. The van der Waals surface area contributed by atoms with Crippen LogP contribution in [0.25, 0.3) is 11.1 Å². The first-order valence-electron chi connectivity index (χ1n) is 4.82. The molecule has 3 nitrogen and oxygen atoms in total. The van der Waals surface area contributed by atoms with Crippen molar-refractivity contribution in [3.63, 3.8) is 0 Å². The Balaban J connectivity index is 2.50. The van der Waals surface area contributed by atoms with Crippen molar-refractivity contribution in [1.82, 2.24) is 9.97 Å². The van der Waals surface area contributed by atoms with Crippen LogP contribution < -0.4 is 5.73 Å². The number of hydrogen-bond acceptors (Lipinski definition) is 3. The van der Waals surface area contributed by atoms with E-state index < -0.39 is 16.9 Å².